The normalized spacial score (nSPS) is 29.5. The summed E-state index contributed by atoms with van der Waals surface area (Å²) in [6.45, 7) is 11.5. The lowest BCUT2D eigenvalue weighted by Gasteiger charge is -2.39. The number of anilines is 3. The van der Waals surface area contributed by atoms with Crippen LogP contribution in [0.2, 0.25) is 18.6 Å². The smallest absolute Gasteiger partial charge is 0.264 e. The van der Waals surface area contributed by atoms with Gasteiger partial charge in [0, 0.05) is 41.5 Å². The second-order valence-electron chi connectivity index (χ2n) is 14.9. The van der Waals surface area contributed by atoms with Crippen LogP contribution in [0.15, 0.2) is 61.2 Å². The van der Waals surface area contributed by atoms with E-state index in [1.165, 1.54) is 0 Å². The molecule has 5 aliphatic heterocycles. The van der Waals surface area contributed by atoms with Crippen molar-refractivity contribution in [1.82, 2.24) is 10.2 Å². The summed E-state index contributed by atoms with van der Waals surface area (Å²) >= 11 is 0. The molecule has 7 rings (SSSR count). The van der Waals surface area contributed by atoms with Gasteiger partial charge < -0.3 is 34.0 Å². The van der Waals surface area contributed by atoms with Gasteiger partial charge in [0.05, 0.1) is 37.5 Å². The summed E-state index contributed by atoms with van der Waals surface area (Å²) in [6, 6.07) is 15.4. The minimum Gasteiger partial charge on any atom is -0.394 e. The van der Waals surface area contributed by atoms with Crippen LogP contribution in [0.3, 0.4) is 0 Å². The van der Waals surface area contributed by atoms with Crippen LogP contribution in [0.1, 0.15) is 44.6 Å². The zero-order chi connectivity index (χ0) is 34.7. The zero-order valence-electron chi connectivity index (χ0n) is 28.7. The number of hydrogen-bond acceptors (Lipinski definition) is 7. The number of carbonyl (C=O) groups is 3. The summed E-state index contributed by atoms with van der Waals surface area (Å²) in [5.41, 5.74) is -0.00131. The Labute approximate surface area is 289 Å². The molecule has 262 valence electrons. The van der Waals surface area contributed by atoms with Crippen LogP contribution in [0.4, 0.5) is 21.2 Å². The Morgan fingerprint density at radius 3 is 2.53 bits per heavy atom. The number of carbonyl (C=O) groups excluding carboxylic acids is 3. The van der Waals surface area contributed by atoms with E-state index in [0.717, 1.165) is 31.6 Å². The zero-order valence-corrected chi connectivity index (χ0v) is 29.7. The van der Waals surface area contributed by atoms with Crippen LogP contribution in [0.25, 0.3) is 0 Å². The first-order chi connectivity index (χ1) is 23.5. The molecular weight excluding hydrogens is 642 g/mol. The maximum atomic E-state index is 16.4. The molecular formula is C37H48FN5O5Si. The van der Waals surface area contributed by atoms with Gasteiger partial charge in [-0.3, -0.25) is 19.3 Å². The van der Waals surface area contributed by atoms with E-state index in [1.807, 2.05) is 55.5 Å². The molecule has 2 aromatic carbocycles. The monoisotopic (exact) mass is 689 g/mol. The van der Waals surface area contributed by atoms with E-state index >= 15 is 4.11 Å². The molecule has 10 nitrogen and oxygen atoms in total. The highest BCUT2D eigenvalue weighted by Crippen LogP contribution is 2.61. The van der Waals surface area contributed by atoms with E-state index in [2.05, 4.69) is 16.8 Å². The third-order valence-electron chi connectivity index (χ3n) is 11.8. The van der Waals surface area contributed by atoms with E-state index in [9.17, 15) is 19.5 Å². The van der Waals surface area contributed by atoms with Crippen molar-refractivity contribution in [1.29, 1.82) is 0 Å². The van der Waals surface area contributed by atoms with Gasteiger partial charge in [-0.05, 0) is 82.2 Å². The van der Waals surface area contributed by atoms with E-state index in [0.29, 0.717) is 43.0 Å². The number of aliphatic hydroxyl groups excluding tert-OH is 1. The second-order valence-corrected chi connectivity index (χ2v) is 18.7. The lowest BCUT2D eigenvalue weighted by atomic mass is 9.82. The van der Waals surface area contributed by atoms with Gasteiger partial charge in [-0.25, -0.2) is 0 Å². The number of rotatable bonds is 8. The summed E-state index contributed by atoms with van der Waals surface area (Å²) in [7, 11) is -3.50. The van der Waals surface area contributed by atoms with Crippen molar-refractivity contribution in [3.8, 4) is 0 Å². The predicted octanol–water partition coefficient (Wildman–Crippen LogP) is 4.30. The number of halogens is 1. The molecule has 0 aliphatic carbocycles. The van der Waals surface area contributed by atoms with Crippen molar-refractivity contribution < 1.29 is 28.3 Å². The largest absolute Gasteiger partial charge is 0.394 e. The van der Waals surface area contributed by atoms with Gasteiger partial charge in [0.15, 0.2) is 5.60 Å². The van der Waals surface area contributed by atoms with Crippen molar-refractivity contribution in [2.75, 3.05) is 54.2 Å². The number of amides is 3. The quantitative estimate of drug-likeness (QED) is 0.242. The average Bonchev–Trinajstić information content (AvgIpc) is 3.81. The number of piperidine rings is 1. The Hall–Kier alpha value is -3.58. The van der Waals surface area contributed by atoms with Gasteiger partial charge in [-0.2, -0.15) is 0 Å². The van der Waals surface area contributed by atoms with Crippen molar-refractivity contribution in [3.05, 3.63) is 66.7 Å². The van der Waals surface area contributed by atoms with Crippen LogP contribution >= 0.6 is 0 Å². The molecule has 0 unspecified atom stereocenters. The fourth-order valence-electron chi connectivity index (χ4n) is 9.52. The maximum Gasteiger partial charge on any atom is 0.264 e. The molecule has 2 N–H and O–H groups in total. The molecule has 5 heterocycles. The molecule has 2 aromatic rings. The van der Waals surface area contributed by atoms with E-state index < -0.39 is 37.1 Å². The van der Waals surface area contributed by atoms with Crippen LogP contribution in [0, 0.1) is 5.92 Å². The van der Waals surface area contributed by atoms with Crippen LogP contribution < -0.4 is 20.0 Å². The summed E-state index contributed by atoms with van der Waals surface area (Å²) in [4.78, 5) is 50.2. The van der Waals surface area contributed by atoms with E-state index in [4.69, 9.17) is 4.74 Å². The highest BCUT2D eigenvalue weighted by atomic mass is 28.4. The first-order valence-electron chi connectivity index (χ1n) is 17.7. The number of aliphatic hydroxyl groups is 1. The maximum absolute atomic E-state index is 16.4. The number of nitrogens with zero attached hydrogens (tertiary/aromatic N) is 4. The molecule has 0 aromatic heterocycles. The van der Waals surface area contributed by atoms with Gasteiger partial charge in [0.1, 0.15) is 5.54 Å². The first kappa shape index (κ1) is 33.9. The Morgan fingerprint density at radius 2 is 1.86 bits per heavy atom. The third-order valence-corrected chi connectivity index (χ3v) is 14.3. The van der Waals surface area contributed by atoms with Gasteiger partial charge in [0.2, 0.25) is 14.3 Å². The number of nitrogens with one attached hydrogen (secondary N) is 1. The number of hydrogen-bond donors (Lipinski definition) is 2. The summed E-state index contributed by atoms with van der Waals surface area (Å²) in [6.07, 6.45) is 3.63. The van der Waals surface area contributed by atoms with Gasteiger partial charge in [-0.15, -0.1) is 6.58 Å². The fraction of sp³-hybridized carbons (Fsp3) is 0.541. The summed E-state index contributed by atoms with van der Waals surface area (Å²) in [5.74, 6) is -1.05. The van der Waals surface area contributed by atoms with Gasteiger partial charge in [-0.1, -0.05) is 31.2 Å². The minimum atomic E-state index is -3.50. The van der Waals surface area contributed by atoms with Crippen LogP contribution in [0.5, 0.6) is 0 Å². The van der Waals surface area contributed by atoms with E-state index in [1.54, 1.807) is 33.9 Å². The number of para-hydroxylation sites is 1. The predicted molar refractivity (Wildman–Crippen MR) is 190 cm³/mol. The molecule has 4 saturated heterocycles. The van der Waals surface area contributed by atoms with Crippen molar-refractivity contribution >= 4 is 43.2 Å². The molecule has 5 atom stereocenters. The highest BCUT2D eigenvalue weighted by Gasteiger charge is 2.67. The number of likely N-dealkylation sites (tertiary alicyclic amines) is 1. The van der Waals surface area contributed by atoms with Crippen LogP contribution in [-0.4, -0.2) is 93.3 Å². The second kappa shape index (κ2) is 12.6. The lowest BCUT2D eigenvalue weighted by Crippen LogP contribution is -2.55. The standard InChI is InChI=1S/C37H48FN5O5Si/c1-5-19-41-30-14-13-27(42-24-43(26-10-7-6-8-11-26)36(34(42)46)15-17-39-18-16-36)21-29(30)37(35(41)47)25(2)33(49(3,4)38)31(48-37)22-32(45)40-20-9-12-28(40)23-44/h5-8,10-11,13-14,21,25,28,31,33,39,44H,1,9,12,15-20,22-24H2,2-4H3/t25-,28+,31+,33-,37+/m1/s1. The van der Waals surface area contributed by atoms with E-state index in [-0.39, 0.29) is 43.3 Å². The third kappa shape index (κ3) is 5.25. The number of benzene rings is 2. The van der Waals surface area contributed by atoms with Crippen LogP contribution in [-0.2, 0) is 24.7 Å². The Morgan fingerprint density at radius 1 is 1.12 bits per heavy atom. The molecule has 49 heavy (non-hydrogen) atoms. The minimum absolute atomic E-state index is 0.0159. The van der Waals surface area contributed by atoms with Crippen molar-refractivity contribution in [3.63, 3.8) is 0 Å². The van der Waals surface area contributed by atoms with Gasteiger partial charge in [0.25, 0.3) is 11.8 Å². The number of ether oxygens (including phenoxy) is 1. The van der Waals surface area contributed by atoms with Gasteiger partial charge >= 0.3 is 0 Å². The molecule has 4 fully saturated rings. The Kier molecular flexibility index (Phi) is 8.74. The Bertz CT molecular complexity index is 1630. The summed E-state index contributed by atoms with van der Waals surface area (Å²) in [5, 5.41) is 13.3. The molecule has 2 spiro atoms. The molecule has 0 saturated carbocycles. The average molecular weight is 690 g/mol. The Balaban J connectivity index is 1.29. The van der Waals surface area contributed by atoms with Crippen molar-refractivity contribution in [2.45, 2.75) is 80.9 Å². The topological polar surface area (TPSA) is 106 Å². The molecule has 5 aliphatic rings. The summed E-state index contributed by atoms with van der Waals surface area (Å²) < 4.78 is 23.3. The fourth-order valence-corrected chi connectivity index (χ4v) is 12.0. The molecule has 0 bridgehead atoms. The lowest BCUT2D eigenvalue weighted by molar-refractivity contribution is -0.149. The highest BCUT2D eigenvalue weighted by molar-refractivity contribution is 6.72. The SMILES string of the molecule is C=CCN1C(=O)[C@@]2(O[C@@H](CC(=O)N3CCC[C@H]3CO)[C@H]([Si](C)(C)F)[C@H]2C)c2cc(N3CN(c4ccccc4)C4(CCNCC4)C3=O)ccc21. The molecule has 12 heteroatoms. The molecule has 0 radical (unpaired) electrons. The number of fused-ring (bicyclic) bond motifs is 2. The van der Waals surface area contributed by atoms with Crippen molar-refractivity contribution in [2.24, 2.45) is 5.92 Å². The first-order valence-corrected chi connectivity index (χ1v) is 20.6. The molecule has 3 amide bonds.